The van der Waals surface area contributed by atoms with E-state index in [0.717, 1.165) is 51.4 Å². The molecule has 4 heteroatoms. The largest absolute Gasteiger partial charge is 0.449 e. The molecule has 1 aromatic carbocycles. The second kappa shape index (κ2) is 8.67. The molecule has 4 nitrogen and oxygen atoms in total. The maximum Gasteiger partial charge on any atom is 0.409 e. The molecule has 1 aromatic rings. The molecule has 1 fully saturated rings. The summed E-state index contributed by atoms with van der Waals surface area (Å²) in [6.07, 6.45) is 2.88. The Balaban J connectivity index is 1.50. The lowest BCUT2D eigenvalue weighted by Crippen LogP contribution is -2.38. The third-order valence-corrected chi connectivity index (χ3v) is 3.94. The molecule has 0 radical (unpaired) electrons. The quantitative estimate of drug-likeness (QED) is 0.819. The minimum atomic E-state index is -0.148. The topological polar surface area (TPSA) is 41.6 Å². The van der Waals surface area contributed by atoms with Gasteiger partial charge in [-0.05, 0) is 37.3 Å². The highest BCUT2D eigenvalue weighted by Gasteiger charge is 2.20. The summed E-state index contributed by atoms with van der Waals surface area (Å²) in [5.41, 5.74) is 1.27. The van der Waals surface area contributed by atoms with E-state index >= 15 is 0 Å². The Morgan fingerprint density at radius 1 is 1.29 bits per heavy atom. The first-order chi connectivity index (χ1) is 10.3. The van der Waals surface area contributed by atoms with Crippen molar-refractivity contribution in [1.82, 2.24) is 10.2 Å². The molecule has 1 aliphatic heterocycles. The van der Waals surface area contributed by atoms with E-state index in [1.807, 2.05) is 23.1 Å². The van der Waals surface area contributed by atoms with Crippen LogP contribution in [0.2, 0.25) is 0 Å². The van der Waals surface area contributed by atoms with Crippen LogP contribution >= 0.6 is 0 Å². The lowest BCUT2D eigenvalue weighted by atomic mass is 10.00. The molecule has 1 amide bonds. The van der Waals surface area contributed by atoms with E-state index in [4.69, 9.17) is 4.74 Å². The summed E-state index contributed by atoms with van der Waals surface area (Å²) in [7, 11) is 0. The molecular formula is C17H26N2O2. The molecule has 0 aromatic heterocycles. The lowest BCUT2D eigenvalue weighted by molar-refractivity contribution is 0.0883. The molecular weight excluding hydrogens is 264 g/mol. The molecule has 1 heterocycles. The SMILES string of the molecule is CC1CCN(C(=O)OCCCNCc2ccccc2)CC1. The molecule has 0 aliphatic carbocycles. The molecule has 1 N–H and O–H groups in total. The van der Waals surface area contributed by atoms with Crippen molar-refractivity contribution in [3.8, 4) is 0 Å². The Kier molecular flexibility index (Phi) is 6.54. The molecule has 116 valence electrons. The van der Waals surface area contributed by atoms with E-state index < -0.39 is 0 Å². The van der Waals surface area contributed by atoms with Crippen molar-refractivity contribution in [2.24, 2.45) is 5.92 Å². The van der Waals surface area contributed by atoms with Crippen LogP contribution in [0.1, 0.15) is 31.7 Å². The zero-order valence-corrected chi connectivity index (χ0v) is 12.9. The summed E-state index contributed by atoms with van der Waals surface area (Å²) in [5, 5.41) is 3.36. The van der Waals surface area contributed by atoms with Crippen molar-refractivity contribution in [2.45, 2.75) is 32.7 Å². The van der Waals surface area contributed by atoms with Crippen molar-refractivity contribution in [1.29, 1.82) is 0 Å². The third kappa shape index (κ3) is 5.76. The number of ether oxygens (including phenoxy) is 1. The summed E-state index contributed by atoms with van der Waals surface area (Å²) in [4.78, 5) is 13.7. The number of likely N-dealkylation sites (tertiary alicyclic amines) is 1. The van der Waals surface area contributed by atoms with Crippen LogP contribution in [0.4, 0.5) is 4.79 Å². The van der Waals surface area contributed by atoms with Gasteiger partial charge in [0.15, 0.2) is 0 Å². The van der Waals surface area contributed by atoms with Gasteiger partial charge in [-0.15, -0.1) is 0 Å². The average Bonchev–Trinajstić information content (AvgIpc) is 2.52. The fraction of sp³-hybridized carbons (Fsp3) is 0.588. The molecule has 1 aliphatic rings. The Morgan fingerprint density at radius 2 is 2.00 bits per heavy atom. The van der Waals surface area contributed by atoms with E-state index in [0.29, 0.717) is 6.61 Å². The van der Waals surface area contributed by atoms with Crippen molar-refractivity contribution < 1.29 is 9.53 Å². The number of rotatable bonds is 6. The van der Waals surface area contributed by atoms with Crippen LogP contribution < -0.4 is 5.32 Å². The predicted octanol–water partition coefficient (Wildman–Crippen LogP) is 3.03. The number of amides is 1. The number of nitrogens with zero attached hydrogens (tertiary/aromatic N) is 1. The molecule has 21 heavy (non-hydrogen) atoms. The number of carbonyl (C=O) groups is 1. The number of piperidine rings is 1. The summed E-state index contributed by atoms with van der Waals surface area (Å²) in [6.45, 7) is 6.13. The smallest absolute Gasteiger partial charge is 0.409 e. The minimum Gasteiger partial charge on any atom is -0.449 e. The van der Waals surface area contributed by atoms with Crippen LogP contribution in [0.15, 0.2) is 30.3 Å². The van der Waals surface area contributed by atoms with Gasteiger partial charge in [0.2, 0.25) is 0 Å². The molecule has 0 saturated carbocycles. The number of nitrogens with one attached hydrogen (secondary N) is 1. The van der Waals surface area contributed by atoms with Crippen molar-refractivity contribution in [3.63, 3.8) is 0 Å². The predicted molar refractivity (Wildman–Crippen MR) is 84.1 cm³/mol. The number of benzene rings is 1. The highest BCUT2D eigenvalue weighted by atomic mass is 16.6. The van der Waals surface area contributed by atoms with E-state index in [1.54, 1.807) is 0 Å². The van der Waals surface area contributed by atoms with E-state index in [-0.39, 0.29) is 6.09 Å². The average molecular weight is 290 g/mol. The Morgan fingerprint density at radius 3 is 2.71 bits per heavy atom. The molecule has 0 unspecified atom stereocenters. The second-order valence-corrected chi connectivity index (χ2v) is 5.80. The van der Waals surface area contributed by atoms with Crippen LogP contribution in [0.5, 0.6) is 0 Å². The van der Waals surface area contributed by atoms with Crippen LogP contribution in [-0.2, 0) is 11.3 Å². The van der Waals surface area contributed by atoms with Gasteiger partial charge in [0.05, 0.1) is 6.61 Å². The van der Waals surface area contributed by atoms with Gasteiger partial charge in [-0.25, -0.2) is 4.79 Å². The standard InChI is InChI=1S/C17H26N2O2/c1-15-8-11-19(12-9-15)17(20)21-13-5-10-18-14-16-6-3-2-4-7-16/h2-4,6-7,15,18H,5,8-14H2,1H3. The normalized spacial score (nSPS) is 16.0. The van der Waals surface area contributed by atoms with Gasteiger partial charge in [0.1, 0.15) is 0 Å². The molecule has 0 atom stereocenters. The van der Waals surface area contributed by atoms with Gasteiger partial charge in [-0.3, -0.25) is 0 Å². The van der Waals surface area contributed by atoms with Gasteiger partial charge >= 0.3 is 6.09 Å². The second-order valence-electron chi connectivity index (χ2n) is 5.80. The van der Waals surface area contributed by atoms with E-state index in [9.17, 15) is 4.79 Å². The fourth-order valence-electron chi connectivity index (χ4n) is 2.47. The highest BCUT2D eigenvalue weighted by Crippen LogP contribution is 2.16. The monoisotopic (exact) mass is 290 g/mol. The Hall–Kier alpha value is -1.55. The van der Waals surface area contributed by atoms with Gasteiger partial charge in [0.25, 0.3) is 0 Å². The third-order valence-electron chi connectivity index (χ3n) is 3.94. The van der Waals surface area contributed by atoms with Gasteiger partial charge < -0.3 is 15.0 Å². The minimum absolute atomic E-state index is 0.148. The van der Waals surface area contributed by atoms with E-state index in [1.165, 1.54) is 5.56 Å². The van der Waals surface area contributed by atoms with Crippen molar-refractivity contribution in [2.75, 3.05) is 26.2 Å². The number of hydrogen-bond donors (Lipinski definition) is 1. The summed E-state index contributed by atoms with van der Waals surface area (Å²) >= 11 is 0. The Labute approximate surface area is 127 Å². The number of hydrogen-bond acceptors (Lipinski definition) is 3. The lowest BCUT2D eigenvalue weighted by Gasteiger charge is -2.29. The first-order valence-electron chi connectivity index (χ1n) is 7.92. The van der Waals surface area contributed by atoms with Crippen molar-refractivity contribution in [3.05, 3.63) is 35.9 Å². The molecule has 2 rings (SSSR count). The van der Waals surface area contributed by atoms with Crippen LogP contribution in [0.25, 0.3) is 0 Å². The highest BCUT2D eigenvalue weighted by molar-refractivity contribution is 5.67. The summed E-state index contributed by atoms with van der Waals surface area (Å²) in [5.74, 6) is 0.733. The maximum absolute atomic E-state index is 11.8. The fourth-order valence-corrected chi connectivity index (χ4v) is 2.47. The van der Waals surface area contributed by atoms with Gasteiger partial charge in [-0.2, -0.15) is 0 Å². The zero-order valence-electron chi connectivity index (χ0n) is 12.9. The summed E-state index contributed by atoms with van der Waals surface area (Å²) < 4.78 is 5.32. The molecule has 0 spiro atoms. The summed E-state index contributed by atoms with van der Waals surface area (Å²) in [6, 6.07) is 10.3. The first kappa shape index (κ1) is 15.8. The number of carbonyl (C=O) groups excluding carboxylic acids is 1. The molecule has 1 saturated heterocycles. The Bertz CT molecular complexity index is 414. The van der Waals surface area contributed by atoms with Crippen LogP contribution in [0.3, 0.4) is 0 Å². The van der Waals surface area contributed by atoms with Crippen LogP contribution in [-0.4, -0.2) is 37.2 Å². The zero-order chi connectivity index (χ0) is 14.9. The maximum atomic E-state index is 11.8. The molecule has 0 bridgehead atoms. The van der Waals surface area contributed by atoms with Crippen molar-refractivity contribution >= 4 is 6.09 Å². The van der Waals surface area contributed by atoms with Gasteiger partial charge in [0, 0.05) is 19.6 Å². The van der Waals surface area contributed by atoms with E-state index in [2.05, 4.69) is 24.4 Å². The first-order valence-corrected chi connectivity index (χ1v) is 7.92. The van der Waals surface area contributed by atoms with Gasteiger partial charge in [-0.1, -0.05) is 37.3 Å². The van der Waals surface area contributed by atoms with Crippen LogP contribution in [0, 0.1) is 5.92 Å².